The average Bonchev–Trinajstić information content (AvgIpc) is 2.41. The summed E-state index contributed by atoms with van der Waals surface area (Å²) in [4.78, 5) is 23.0. The first-order valence-electron chi connectivity index (χ1n) is 5.55. The molecule has 0 radical (unpaired) electrons. The van der Waals surface area contributed by atoms with Gasteiger partial charge in [-0.2, -0.15) is 0 Å². The number of aryl methyl sites for hydroxylation is 1. The van der Waals surface area contributed by atoms with Crippen molar-refractivity contribution in [2.75, 3.05) is 13.0 Å². The zero-order valence-corrected chi connectivity index (χ0v) is 11.2. The summed E-state index contributed by atoms with van der Waals surface area (Å²) >= 11 is 0. The molecule has 0 spiro atoms. The molecule has 0 aromatic heterocycles. The summed E-state index contributed by atoms with van der Waals surface area (Å²) in [6, 6.07) is 2.57. The summed E-state index contributed by atoms with van der Waals surface area (Å²) in [7, 11) is -2.50. The molecule has 0 fully saturated rings. The predicted octanol–water partition coefficient (Wildman–Crippen LogP) is 0.937. The van der Waals surface area contributed by atoms with E-state index in [9.17, 15) is 18.0 Å². The fraction of sp³-hybridized carbons (Fsp3) is 0.333. The van der Waals surface area contributed by atoms with Gasteiger partial charge in [0, 0.05) is 0 Å². The maximum Gasteiger partial charge on any atom is 0.340 e. The Hall–Kier alpha value is -1.89. The molecular weight excluding hydrogens is 272 g/mol. The molecule has 1 heterocycles. The number of carbonyl (C=O) groups is 2. The molecule has 1 aromatic rings. The largest absolute Gasteiger partial charge is 0.465 e. The Morgan fingerprint density at radius 2 is 2.11 bits per heavy atom. The first-order chi connectivity index (χ1) is 8.90. The van der Waals surface area contributed by atoms with Crippen LogP contribution in [0, 0.1) is 0 Å². The second-order valence-electron chi connectivity index (χ2n) is 4.02. The van der Waals surface area contributed by atoms with E-state index in [1.807, 2.05) is 0 Å². The van der Waals surface area contributed by atoms with Crippen molar-refractivity contribution in [3.05, 3.63) is 28.8 Å². The molecular formula is C12H12O6S. The van der Waals surface area contributed by atoms with Crippen molar-refractivity contribution < 1.29 is 27.5 Å². The van der Waals surface area contributed by atoms with Gasteiger partial charge in [-0.15, -0.1) is 0 Å². The molecule has 0 amide bonds. The monoisotopic (exact) mass is 284 g/mol. The van der Waals surface area contributed by atoms with E-state index in [2.05, 4.69) is 9.47 Å². The lowest BCUT2D eigenvalue weighted by atomic mass is 10.0. The van der Waals surface area contributed by atoms with E-state index in [1.165, 1.54) is 19.2 Å². The third-order valence-electron chi connectivity index (χ3n) is 2.89. The second kappa shape index (κ2) is 4.65. The lowest BCUT2D eigenvalue weighted by Crippen LogP contribution is -2.25. The minimum absolute atomic E-state index is 0.0317. The summed E-state index contributed by atoms with van der Waals surface area (Å²) in [6.07, 6.45) is 0.463. The van der Waals surface area contributed by atoms with Gasteiger partial charge in [-0.1, -0.05) is 6.92 Å². The molecule has 0 unspecified atom stereocenters. The van der Waals surface area contributed by atoms with E-state index < -0.39 is 27.7 Å². The van der Waals surface area contributed by atoms with Crippen LogP contribution in [0.3, 0.4) is 0 Å². The Balaban J connectivity index is 2.75. The number of esters is 2. The van der Waals surface area contributed by atoms with E-state index in [-0.39, 0.29) is 16.0 Å². The lowest BCUT2D eigenvalue weighted by Gasteiger charge is -2.18. The van der Waals surface area contributed by atoms with Crippen LogP contribution in [0.15, 0.2) is 17.0 Å². The standard InChI is InChI=1S/C12H12O6S/c1-3-7-4-9-10(5-8(7)11(13)17-2)19(15,16)6-18-12(9)14/h4-5H,3,6H2,1-2H3. The Morgan fingerprint density at radius 3 is 2.68 bits per heavy atom. The normalized spacial score (nSPS) is 16.4. The molecule has 0 saturated heterocycles. The molecule has 1 aromatic carbocycles. The highest BCUT2D eigenvalue weighted by atomic mass is 32.2. The smallest absolute Gasteiger partial charge is 0.340 e. The van der Waals surface area contributed by atoms with Crippen molar-refractivity contribution >= 4 is 21.8 Å². The van der Waals surface area contributed by atoms with E-state index >= 15 is 0 Å². The van der Waals surface area contributed by atoms with Crippen LogP contribution in [0.2, 0.25) is 0 Å². The maximum atomic E-state index is 11.9. The number of rotatable bonds is 2. The highest BCUT2D eigenvalue weighted by molar-refractivity contribution is 7.91. The molecule has 0 atom stereocenters. The minimum Gasteiger partial charge on any atom is -0.465 e. The van der Waals surface area contributed by atoms with Crippen LogP contribution >= 0.6 is 0 Å². The summed E-state index contributed by atoms with van der Waals surface area (Å²) in [5.74, 6) is -2.03. The molecule has 1 aliphatic rings. The molecule has 0 N–H and O–H groups in total. The Morgan fingerprint density at radius 1 is 1.42 bits per heavy atom. The fourth-order valence-electron chi connectivity index (χ4n) is 1.91. The summed E-state index contributed by atoms with van der Waals surface area (Å²) in [5, 5.41) is 0. The minimum atomic E-state index is -3.72. The molecule has 7 heteroatoms. The Kier molecular flexibility index (Phi) is 3.32. The number of ether oxygens (including phenoxy) is 2. The number of methoxy groups -OCH3 is 1. The van der Waals surface area contributed by atoms with Gasteiger partial charge in [0.25, 0.3) is 0 Å². The maximum absolute atomic E-state index is 11.9. The van der Waals surface area contributed by atoms with Gasteiger partial charge >= 0.3 is 11.9 Å². The molecule has 2 rings (SSSR count). The highest BCUT2D eigenvalue weighted by Crippen LogP contribution is 2.27. The van der Waals surface area contributed by atoms with Crippen LogP contribution < -0.4 is 0 Å². The van der Waals surface area contributed by atoms with Crippen LogP contribution in [-0.4, -0.2) is 33.4 Å². The molecule has 102 valence electrons. The van der Waals surface area contributed by atoms with E-state index in [1.54, 1.807) is 6.92 Å². The Labute approximate surface area is 110 Å². The van der Waals surface area contributed by atoms with Gasteiger partial charge in [0.05, 0.1) is 23.1 Å². The molecule has 6 nitrogen and oxygen atoms in total. The first kappa shape index (κ1) is 13.5. The average molecular weight is 284 g/mol. The zero-order chi connectivity index (χ0) is 14.2. The Bertz CT molecular complexity index is 659. The molecule has 0 saturated carbocycles. The van der Waals surface area contributed by atoms with Gasteiger partial charge in [0.15, 0.2) is 5.94 Å². The van der Waals surface area contributed by atoms with Gasteiger partial charge in [0.1, 0.15) is 0 Å². The number of hydrogen-bond acceptors (Lipinski definition) is 6. The van der Waals surface area contributed by atoms with Crippen molar-refractivity contribution in [1.29, 1.82) is 0 Å². The van der Waals surface area contributed by atoms with E-state index in [4.69, 9.17) is 0 Å². The number of hydrogen-bond donors (Lipinski definition) is 0. The van der Waals surface area contributed by atoms with Crippen LogP contribution in [0.25, 0.3) is 0 Å². The van der Waals surface area contributed by atoms with Crippen molar-refractivity contribution in [2.24, 2.45) is 0 Å². The highest BCUT2D eigenvalue weighted by Gasteiger charge is 2.32. The van der Waals surface area contributed by atoms with Gasteiger partial charge in [-0.25, -0.2) is 18.0 Å². The van der Waals surface area contributed by atoms with Crippen LogP contribution in [-0.2, 0) is 25.7 Å². The van der Waals surface area contributed by atoms with Gasteiger partial charge in [-0.3, -0.25) is 0 Å². The summed E-state index contributed by atoms with van der Waals surface area (Å²) in [6.45, 7) is 1.79. The van der Waals surface area contributed by atoms with Gasteiger partial charge in [0.2, 0.25) is 9.84 Å². The van der Waals surface area contributed by atoms with Crippen LogP contribution in [0.1, 0.15) is 33.2 Å². The van der Waals surface area contributed by atoms with E-state index in [0.29, 0.717) is 12.0 Å². The fourth-order valence-corrected chi connectivity index (χ4v) is 3.07. The zero-order valence-electron chi connectivity index (χ0n) is 10.4. The summed E-state index contributed by atoms with van der Waals surface area (Å²) < 4.78 is 32.9. The number of carbonyl (C=O) groups excluding carboxylic acids is 2. The van der Waals surface area contributed by atoms with E-state index in [0.717, 1.165) is 0 Å². The molecule has 1 aliphatic heterocycles. The number of sulfone groups is 1. The van der Waals surface area contributed by atoms with Crippen molar-refractivity contribution in [3.8, 4) is 0 Å². The van der Waals surface area contributed by atoms with Gasteiger partial charge < -0.3 is 9.47 Å². The van der Waals surface area contributed by atoms with Crippen molar-refractivity contribution in [2.45, 2.75) is 18.2 Å². The molecule has 19 heavy (non-hydrogen) atoms. The summed E-state index contributed by atoms with van der Waals surface area (Å²) in [5.41, 5.74) is 0.664. The number of fused-ring (bicyclic) bond motifs is 1. The third kappa shape index (κ3) is 2.21. The topological polar surface area (TPSA) is 86.7 Å². The number of benzene rings is 1. The van der Waals surface area contributed by atoms with Gasteiger partial charge in [-0.05, 0) is 24.1 Å². The predicted molar refractivity (Wildman–Crippen MR) is 64.6 cm³/mol. The van der Waals surface area contributed by atoms with Crippen molar-refractivity contribution in [1.82, 2.24) is 0 Å². The van der Waals surface area contributed by atoms with Crippen LogP contribution in [0.5, 0.6) is 0 Å². The first-order valence-corrected chi connectivity index (χ1v) is 7.21. The van der Waals surface area contributed by atoms with Crippen LogP contribution in [0.4, 0.5) is 0 Å². The van der Waals surface area contributed by atoms with Crippen molar-refractivity contribution in [3.63, 3.8) is 0 Å². The molecule has 0 aliphatic carbocycles. The second-order valence-corrected chi connectivity index (χ2v) is 5.92. The third-order valence-corrected chi connectivity index (χ3v) is 4.33. The quantitative estimate of drug-likeness (QED) is 0.751. The number of cyclic esters (lactones) is 1. The SMILES string of the molecule is CCc1cc2c(cc1C(=O)OC)S(=O)(=O)COC2=O. The molecule has 0 bridgehead atoms. The lowest BCUT2D eigenvalue weighted by molar-refractivity contribution is 0.0549.